The number of anilines is 6. The zero-order valence-electron chi connectivity index (χ0n) is 37.3. The van der Waals surface area contributed by atoms with E-state index in [2.05, 4.69) is 277 Å². The largest absolute Gasteiger partial charge is 0.310 e. The van der Waals surface area contributed by atoms with E-state index in [0.717, 1.165) is 34.1 Å². The first-order valence-electron chi connectivity index (χ1n) is 23.4. The van der Waals surface area contributed by atoms with E-state index in [1.54, 1.807) is 0 Å². The van der Waals surface area contributed by atoms with Crippen molar-refractivity contribution in [2.75, 3.05) is 9.80 Å². The molecule has 0 aliphatic carbocycles. The summed E-state index contributed by atoms with van der Waals surface area (Å²) >= 11 is 0. The van der Waals surface area contributed by atoms with E-state index >= 15 is 0 Å². The zero-order valence-corrected chi connectivity index (χ0v) is 37.3. The highest BCUT2D eigenvalue weighted by Crippen LogP contribution is 2.52. The van der Waals surface area contributed by atoms with E-state index in [1.807, 2.05) is 0 Å². The molecule has 318 valence electrons. The summed E-state index contributed by atoms with van der Waals surface area (Å²) in [5.74, 6) is 0. The summed E-state index contributed by atoms with van der Waals surface area (Å²) < 4.78 is 0. The quantitative estimate of drug-likeness (QED) is 0.111. The second-order valence-corrected chi connectivity index (χ2v) is 17.6. The molecule has 0 saturated heterocycles. The van der Waals surface area contributed by atoms with Crippen LogP contribution in [0.4, 0.5) is 34.1 Å². The van der Waals surface area contributed by atoms with Crippen LogP contribution < -0.4 is 9.80 Å². The molecule has 68 heavy (non-hydrogen) atoms. The highest BCUT2D eigenvalue weighted by Gasteiger charge is 2.24. The van der Waals surface area contributed by atoms with Crippen molar-refractivity contribution in [3.8, 4) is 22.3 Å². The lowest BCUT2D eigenvalue weighted by atomic mass is 9.80. The van der Waals surface area contributed by atoms with Gasteiger partial charge < -0.3 is 9.80 Å². The number of hydrogen-bond donors (Lipinski definition) is 0. The van der Waals surface area contributed by atoms with Crippen LogP contribution in [-0.4, -0.2) is 0 Å². The number of benzene rings is 13. The Morgan fingerprint density at radius 1 is 0.221 bits per heavy atom. The fraction of sp³-hybridized carbons (Fsp3) is 0. The van der Waals surface area contributed by atoms with Crippen LogP contribution in [0.15, 0.2) is 267 Å². The predicted molar refractivity (Wildman–Crippen MR) is 292 cm³/mol. The molecule has 0 bridgehead atoms. The maximum atomic E-state index is 2.41. The van der Waals surface area contributed by atoms with Gasteiger partial charge in [-0.15, -0.1) is 0 Å². The molecule has 13 aromatic rings. The summed E-state index contributed by atoms with van der Waals surface area (Å²) in [7, 11) is 0. The lowest BCUT2D eigenvalue weighted by Gasteiger charge is -2.28. The van der Waals surface area contributed by atoms with Gasteiger partial charge in [-0.25, -0.2) is 0 Å². The molecule has 0 saturated carbocycles. The van der Waals surface area contributed by atoms with Crippen LogP contribution in [0.5, 0.6) is 0 Å². The van der Waals surface area contributed by atoms with Gasteiger partial charge in [-0.1, -0.05) is 194 Å². The third kappa shape index (κ3) is 6.49. The Morgan fingerprint density at radius 2 is 0.618 bits per heavy atom. The van der Waals surface area contributed by atoms with Crippen LogP contribution in [0.3, 0.4) is 0 Å². The fourth-order valence-corrected chi connectivity index (χ4v) is 10.8. The van der Waals surface area contributed by atoms with E-state index in [-0.39, 0.29) is 0 Å². The smallest absolute Gasteiger partial charge is 0.0540 e. The molecule has 2 heteroatoms. The minimum atomic E-state index is 1.12. The molecule has 0 heterocycles. The Balaban J connectivity index is 1.09. The average molecular weight is 865 g/mol. The Kier molecular flexibility index (Phi) is 9.54. The summed E-state index contributed by atoms with van der Waals surface area (Å²) in [6.45, 7) is 0. The van der Waals surface area contributed by atoms with E-state index < -0.39 is 0 Å². The molecule has 0 N–H and O–H groups in total. The number of nitrogens with zero attached hydrogens (tertiary/aromatic N) is 2. The summed E-state index contributed by atoms with van der Waals surface area (Å²) in [5, 5.41) is 14.8. The van der Waals surface area contributed by atoms with Crippen molar-refractivity contribution >= 4 is 98.8 Å². The molecule has 0 radical (unpaired) electrons. The maximum Gasteiger partial charge on any atom is 0.0540 e. The molecule has 0 unspecified atom stereocenters. The van der Waals surface area contributed by atoms with Crippen LogP contribution in [0.1, 0.15) is 0 Å². The Morgan fingerprint density at radius 3 is 1.16 bits per heavy atom. The van der Waals surface area contributed by atoms with Crippen LogP contribution in [0.25, 0.3) is 86.9 Å². The van der Waals surface area contributed by atoms with Gasteiger partial charge in [0.15, 0.2) is 0 Å². The minimum absolute atomic E-state index is 1.12. The molecule has 0 aromatic heterocycles. The maximum absolute atomic E-state index is 2.41. The lowest BCUT2D eigenvalue weighted by molar-refractivity contribution is 1.29. The molecule has 0 amide bonds. The van der Waals surface area contributed by atoms with Gasteiger partial charge in [0, 0.05) is 33.8 Å². The van der Waals surface area contributed by atoms with E-state index in [0.29, 0.717) is 0 Å². The van der Waals surface area contributed by atoms with Crippen molar-refractivity contribution in [1.82, 2.24) is 0 Å². The zero-order chi connectivity index (χ0) is 45.0. The second kappa shape index (κ2) is 16.5. The third-order valence-corrected chi connectivity index (χ3v) is 13.7. The number of hydrogen-bond acceptors (Lipinski definition) is 2. The van der Waals surface area contributed by atoms with E-state index in [1.165, 1.54) is 86.9 Å². The Hall–Kier alpha value is -8.98. The van der Waals surface area contributed by atoms with Crippen molar-refractivity contribution in [1.29, 1.82) is 0 Å². The second-order valence-electron chi connectivity index (χ2n) is 17.6. The normalized spacial score (nSPS) is 11.5. The third-order valence-electron chi connectivity index (χ3n) is 13.7. The van der Waals surface area contributed by atoms with Gasteiger partial charge in [-0.3, -0.25) is 0 Å². The van der Waals surface area contributed by atoms with Crippen molar-refractivity contribution in [2.24, 2.45) is 0 Å². The van der Waals surface area contributed by atoms with Crippen molar-refractivity contribution in [2.45, 2.75) is 0 Å². The topological polar surface area (TPSA) is 6.48 Å². The average Bonchev–Trinajstić information content (AvgIpc) is 3.41. The van der Waals surface area contributed by atoms with Gasteiger partial charge >= 0.3 is 0 Å². The van der Waals surface area contributed by atoms with Crippen LogP contribution in [-0.2, 0) is 0 Å². The molecule has 2 nitrogen and oxygen atoms in total. The highest BCUT2D eigenvalue weighted by molar-refractivity contribution is 6.37. The molecule has 0 aliphatic rings. The fourth-order valence-electron chi connectivity index (χ4n) is 10.8. The van der Waals surface area contributed by atoms with Gasteiger partial charge in [0.25, 0.3) is 0 Å². The van der Waals surface area contributed by atoms with Gasteiger partial charge in [-0.05, 0) is 154 Å². The summed E-state index contributed by atoms with van der Waals surface area (Å²) in [4.78, 5) is 4.72. The van der Waals surface area contributed by atoms with E-state index in [4.69, 9.17) is 0 Å². The molecule has 13 aromatic carbocycles. The van der Waals surface area contributed by atoms with Crippen LogP contribution in [0.2, 0.25) is 0 Å². The lowest BCUT2D eigenvalue weighted by Crippen LogP contribution is -2.10. The number of para-hydroxylation sites is 4. The monoisotopic (exact) mass is 864 g/mol. The Labute approximate surface area is 395 Å². The molecule has 0 aliphatic heterocycles. The first kappa shape index (κ1) is 39.4. The van der Waals surface area contributed by atoms with E-state index in [9.17, 15) is 0 Å². The molecular weight excluding hydrogens is 821 g/mol. The van der Waals surface area contributed by atoms with Gasteiger partial charge in [0.2, 0.25) is 0 Å². The summed E-state index contributed by atoms with van der Waals surface area (Å²) in [6.07, 6.45) is 0. The molecule has 0 spiro atoms. The Bertz CT molecular complexity index is 3940. The standard InChI is InChI=1S/C66H44N2/c1-5-21-48(22-6-1)67(49-23-7-2-8-24-49)52-40-39-45-43-47(38-37-46(45)44-52)63-59-35-19-20-36-60(59)64(66-58-34-18-15-30-54(58)53-29-14-17-33-57(53)65(63)66)61-41-42-62(56-32-16-13-31-55(56)61)68(50-25-9-3-10-26-50)51-27-11-4-12-28-51/h1-44H. The number of rotatable bonds is 8. The molecule has 0 atom stereocenters. The molecular formula is C66H44N2. The van der Waals surface area contributed by atoms with Crippen LogP contribution in [0, 0.1) is 0 Å². The van der Waals surface area contributed by atoms with Gasteiger partial charge in [0.05, 0.1) is 5.69 Å². The first-order chi connectivity index (χ1) is 33.8. The minimum Gasteiger partial charge on any atom is -0.310 e. The molecule has 13 rings (SSSR count). The van der Waals surface area contributed by atoms with Crippen molar-refractivity contribution in [3.05, 3.63) is 267 Å². The van der Waals surface area contributed by atoms with Crippen LogP contribution >= 0.6 is 0 Å². The molecule has 0 fully saturated rings. The SMILES string of the molecule is c1ccc(N(c2ccccc2)c2ccc3cc(-c4c5ccccc5c(-c5ccc(N(c6ccccc6)c6ccccc6)c6ccccc56)c5c6ccccc6c6ccccc6c45)ccc3c2)cc1. The first-order valence-corrected chi connectivity index (χ1v) is 23.4. The summed E-state index contributed by atoms with van der Waals surface area (Å²) in [6, 6.07) is 97.5. The highest BCUT2D eigenvalue weighted by atomic mass is 15.1. The van der Waals surface area contributed by atoms with Crippen molar-refractivity contribution < 1.29 is 0 Å². The summed E-state index contributed by atoms with van der Waals surface area (Å²) in [5.41, 5.74) is 11.7. The van der Waals surface area contributed by atoms with Crippen molar-refractivity contribution in [3.63, 3.8) is 0 Å². The van der Waals surface area contributed by atoms with Gasteiger partial charge in [0.1, 0.15) is 0 Å². The predicted octanol–water partition coefficient (Wildman–Crippen LogP) is 18.9. The van der Waals surface area contributed by atoms with Gasteiger partial charge in [-0.2, -0.15) is 0 Å². The number of fused-ring (bicyclic) bond motifs is 9.